The Labute approximate surface area is 152 Å². The molecular formula is C20H19N3OS. The molecule has 1 fully saturated rings. The van der Waals surface area contributed by atoms with Gasteiger partial charge >= 0.3 is 0 Å². The van der Waals surface area contributed by atoms with E-state index in [1.807, 2.05) is 62.7 Å². The lowest BCUT2D eigenvalue weighted by atomic mass is 10.2. The summed E-state index contributed by atoms with van der Waals surface area (Å²) in [6.07, 6.45) is 5.68. The Bertz CT molecular complexity index is 837. The number of rotatable bonds is 4. The third-order valence-corrected chi connectivity index (χ3v) is 4.51. The predicted molar refractivity (Wildman–Crippen MR) is 107 cm³/mol. The van der Waals surface area contributed by atoms with Gasteiger partial charge in [-0.15, -0.1) is 0 Å². The number of hydrogen-bond donors (Lipinski definition) is 1. The number of carbonyl (C=O) groups is 1. The number of thioether (sulfide) groups is 1. The van der Waals surface area contributed by atoms with Gasteiger partial charge in [0.1, 0.15) is 0 Å². The van der Waals surface area contributed by atoms with Crippen LogP contribution in [0.1, 0.15) is 5.56 Å². The minimum Gasteiger partial charge on any atom is -0.378 e. The Hall–Kier alpha value is -2.79. The summed E-state index contributed by atoms with van der Waals surface area (Å²) in [7, 11) is 4.03. The monoisotopic (exact) mass is 349 g/mol. The lowest BCUT2D eigenvalue weighted by molar-refractivity contribution is -0.115. The molecule has 25 heavy (non-hydrogen) atoms. The highest BCUT2D eigenvalue weighted by molar-refractivity contribution is 8.18. The maximum Gasteiger partial charge on any atom is 0.264 e. The second kappa shape index (κ2) is 7.85. The zero-order valence-electron chi connectivity index (χ0n) is 14.1. The van der Waals surface area contributed by atoms with Crippen LogP contribution < -0.4 is 10.2 Å². The zero-order chi connectivity index (χ0) is 17.6. The molecule has 0 aliphatic carbocycles. The van der Waals surface area contributed by atoms with Gasteiger partial charge in [-0.05, 0) is 47.7 Å². The Morgan fingerprint density at radius 3 is 2.44 bits per heavy atom. The highest BCUT2D eigenvalue weighted by Gasteiger charge is 2.22. The molecule has 0 radical (unpaired) electrons. The average molecular weight is 349 g/mol. The molecule has 2 aromatic rings. The number of amides is 1. The first-order chi connectivity index (χ1) is 12.1. The van der Waals surface area contributed by atoms with Crippen LogP contribution in [-0.2, 0) is 4.79 Å². The van der Waals surface area contributed by atoms with Crippen LogP contribution in [0.3, 0.4) is 0 Å². The van der Waals surface area contributed by atoms with E-state index in [0.29, 0.717) is 10.1 Å². The molecule has 0 unspecified atom stereocenters. The molecule has 2 aromatic carbocycles. The maximum absolute atomic E-state index is 12.0. The zero-order valence-corrected chi connectivity index (χ0v) is 15.0. The molecule has 1 saturated heterocycles. The van der Waals surface area contributed by atoms with Crippen molar-refractivity contribution in [3.05, 3.63) is 77.2 Å². The second-order valence-electron chi connectivity index (χ2n) is 5.68. The Morgan fingerprint density at radius 2 is 1.76 bits per heavy atom. The van der Waals surface area contributed by atoms with Crippen molar-refractivity contribution in [2.75, 3.05) is 19.0 Å². The first-order valence-corrected chi connectivity index (χ1v) is 8.72. The molecule has 0 atom stereocenters. The van der Waals surface area contributed by atoms with Crippen molar-refractivity contribution in [2.45, 2.75) is 0 Å². The van der Waals surface area contributed by atoms with Crippen molar-refractivity contribution in [2.24, 2.45) is 4.99 Å². The van der Waals surface area contributed by atoms with Crippen molar-refractivity contribution in [3.63, 3.8) is 0 Å². The van der Waals surface area contributed by atoms with Crippen LogP contribution in [0.5, 0.6) is 0 Å². The van der Waals surface area contributed by atoms with Crippen molar-refractivity contribution in [1.29, 1.82) is 0 Å². The number of benzene rings is 2. The van der Waals surface area contributed by atoms with Crippen LogP contribution >= 0.6 is 11.8 Å². The summed E-state index contributed by atoms with van der Waals surface area (Å²) in [5.41, 5.74) is 3.06. The van der Waals surface area contributed by atoms with Gasteiger partial charge in [-0.2, -0.15) is 0 Å². The number of aliphatic imine (C=N–C) groups is 1. The van der Waals surface area contributed by atoms with Gasteiger partial charge in [0, 0.05) is 19.8 Å². The normalized spacial score (nSPS) is 17.4. The number of nitrogens with zero attached hydrogens (tertiary/aromatic N) is 2. The minimum atomic E-state index is -0.118. The molecule has 1 aliphatic rings. The fourth-order valence-electron chi connectivity index (χ4n) is 2.25. The fraction of sp³-hybridized carbons (Fsp3) is 0.100. The average Bonchev–Trinajstić information content (AvgIpc) is 2.95. The predicted octanol–water partition coefficient (Wildman–Crippen LogP) is 4.20. The molecule has 126 valence electrons. The van der Waals surface area contributed by atoms with E-state index in [1.54, 1.807) is 0 Å². The summed E-state index contributed by atoms with van der Waals surface area (Å²) >= 11 is 1.35. The van der Waals surface area contributed by atoms with Crippen LogP contribution in [0.4, 0.5) is 11.4 Å². The van der Waals surface area contributed by atoms with Crippen LogP contribution in [0.15, 0.2) is 76.6 Å². The number of nitrogens with one attached hydrogen (secondary N) is 1. The summed E-state index contributed by atoms with van der Waals surface area (Å²) in [6, 6.07) is 17.8. The van der Waals surface area contributed by atoms with Gasteiger partial charge in [-0.1, -0.05) is 42.5 Å². The summed E-state index contributed by atoms with van der Waals surface area (Å²) in [6.45, 7) is 0. The Balaban J connectivity index is 1.67. The molecule has 5 heteroatoms. The summed E-state index contributed by atoms with van der Waals surface area (Å²) in [5.74, 6) is -0.118. The quantitative estimate of drug-likeness (QED) is 0.842. The molecule has 0 aromatic heterocycles. The number of hydrogen-bond acceptors (Lipinski definition) is 4. The molecule has 1 N–H and O–H groups in total. The van der Waals surface area contributed by atoms with Gasteiger partial charge in [0.25, 0.3) is 5.91 Å². The van der Waals surface area contributed by atoms with Crippen LogP contribution in [0.2, 0.25) is 0 Å². The van der Waals surface area contributed by atoms with Crippen LogP contribution in [0, 0.1) is 0 Å². The highest BCUT2D eigenvalue weighted by Crippen LogP contribution is 2.26. The van der Waals surface area contributed by atoms with Gasteiger partial charge in [0.2, 0.25) is 0 Å². The molecule has 1 heterocycles. The molecule has 4 nitrogen and oxygen atoms in total. The molecule has 0 saturated carbocycles. The fourth-order valence-corrected chi connectivity index (χ4v) is 3.04. The van der Waals surface area contributed by atoms with E-state index in [2.05, 4.69) is 39.5 Å². The number of para-hydroxylation sites is 1. The van der Waals surface area contributed by atoms with E-state index in [0.717, 1.165) is 16.9 Å². The van der Waals surface area contributed by atoms with Gasteiger partial charge in [0.15, 0.2) is 5.17 Å². The van der Waals surface area contributed by atoms with Crippen LogP contribution in [-0.4, -0.2) is 25.2 Å². The summed E-state index contributed by atoms with van der Waals surface area (Å²) < 4.78 is 0. The van der Waals surface area contributed by atoms with Crippen LogP contribution in [0.25, 0.3) is 6.08 Å². The second-order valence-corrected chi connectivity index (χ2v) is 6.72. The van der Waals surface area contributed by atoms with E-state index in [4.69, 9.17) is 0 Å². The molecule has 3 rings (SSSR count). The Kier molecular flexibility index (Phi) is 5.36. The number of anilines is 1. The largest absolute Gasteiger partial charge is 0.378 e. The van der Waals surface area contributed by atoms with Crippen molar-refractivity contribution in [3.8, 4) is 0 Å². The lowest BCUT2D eigenvalue weighted by Gasteiger charge is -2.11. The Morgan fingerprint density at radius 1 is 1.04 bits per heavy atom. The van der Waals surface area contributed by atoms with Crippen molar-refractivity contribution >= 4 is 40.3 Å². The minimum absolute atomic E-state index is 0.118. The summed E-state index contributed by atoms with van der Waals surface area (Å²) in [4.78, 5) is 19.1. The lowest BCUT2D eigenvalue weighted by Crippen LogP contribution is -2.19. The number of allylic oxidation sites excluding steroid dienone is 2. The molecule has 1 amide bonds. The van der Waals surface area contributed by atoms with E-state index in [-0.39, 0.29) is 5.91 Å². The highest BCUT2D eigenvalue weighted by atomic mass is 32.2. The van der Waals surface area contributed by atoms with E-state index < -0.39 is 0 Å². The third kappa shape index (κ3) is 4.61. The first-order valence-electron chi connectivity index (χ1n) is 7.90. The molecule has 0 bridgehead atoms. The summed E-state index contributed by atoms with van der Waals surface area (Å²) in [5, 5.41) is 3.39. The maximum atomic E-state index is 12.0. The SMILES string of the molecule is CN(C)c1ccc(/C=C/C=C2\SC(=Nc3ccccc3)NC2=O)cc1. The topological polar surface area (TPSA) is 44.7 Å². The van der Waals surface area contributed by atoms with Gasteiger partial charge < -0.3 is 10.2 Å². The third-order valence-electron chi connectivity index (χ3n) is 3.58. The smallest absolute Gasteiger partial charge is 0.264 e. The van der Waals surface area contributed by atoms with Gasteiger partial charge in [-0.25, -0.2) is 4.99 Å². The first kappa shape index (κ1) is 17.0. The van der Waals surface area contributed by atoms with Crippen molar-refractivity contribution in [1.82, 2.24) is 5.32 Å². The number of carbonyl (C=O) groups excluding carboxylic acids is 1. The van der Waals surface area contributed by atoms with E-state index in [9.17, 15) is 4.79 Å². The van der Waals surface area contributed by atoms with Gasteiger partial charge in [0.05, 0.1) is 10.6 Å². The van der Waals surface area contributed by atoms with Crippen molar-refractivity contribution < 1.29 is 4.79 Å². The number of amidine groups is 1. The molecule has 1 aliphatic heterocycles. The molecular weight excluding hydrogens is 330 g/mol. The van der Waals surface area contributed by atoms with E-state index >= 15 is 0 Å². The van der Waals surface area contributed by atoms with Gasteiger partial charge in [-0.3, -0.25) is 4.79 Å². The standard InChI is InChI=1S/C20H19N3OS/c1-23(2)17-13-11-15(12-14-17)7-6-10-18-19(24)22-20(25-18)21-16-8-4-3-5-9-16/h3-14H,1-2H3,(H,21,22,24)/b7-6+,18-10-. The van der Waals surface area contributed by atoms with E-state index in [1.165, 1.54) is 11.8 Å². The molecule has 0 spiro atoms.